The molecule has 33 heavy (non-hydrogen) atoms. The summed E-state index contributed by atoms with van der Waals surface area (Å²) in [6.07, 6.45) is 2.99. The van der Waals surface area contributed by atoms with Gasteiger partial charge in [-0.05, 0) is 49.2 Å². The highest BCUT2D eigenvalue weighted by Crippen LogP contribution is 2.25. The van der Waals surface area contributed by atoms with Crippen molar-refractivity contribution < 1.29 is 17.6 Å². The third-order valence-electron chi connectivity index (χ3n) is 6.32. The summed E-state index contributed by atoms with van der Waals surface area (Å²) in [5.41, 5.74) is 0.685. The Balaban J connectivity index is 1.16. The summed E-state index contributed by atoms with van der Waals surface area (Å²) in [4.78, 5) is 17.0. The molecular weight excluding hydrogens is 449 g/mol. The molecule has 1 aromatic carbocycles. The molecule has 5 rings (SSSR count). The lowest BCUT2D eigenvalue weighted by Gasteiger charge is -2.38. The van der Waals surface area contributed by atoms with Crippen LogP contribution in [0.5, 0.6) is 0 Å². The van der Waals surface area contributed by atoms with Crippen molar-refractivity contribution in [3.05, 3.63) is 48.5 Å². The normalized spacial score (nSPS) is 18.7. The molecule has 2 saturated heterocycles. The van der Waals surface area contributed by atoms with Crippen LogP contribution in [0.15, 0.2) is 47.6 Å². The summed E-state index contributed by atoms with van der Waals surface area (Å²) < 4.78 is 41.7. The van der Waals surface area contributed by atoms with E-state index in [0.717, 1.165) is 43.9 Å². The Morgan fingerprint density at radius 1 is 0.939 bits per heavy atom. The van der Waals surface area contributed by atoms with Gasteiger partial charge in [0.25, 0.3) is 0 Å². The second-order valence-corrected chi connectivity index (χ2v) is 10.2. The standard InChI is InChI=1S/C21H24FN7O3S/c22-17-1-3-18(4-2-17)33(31,32)28-13-11-27(12-14-28)21(30)16-7-9-26(10-8-16)20-6-5-19-24-23-15-29(19)25-20/h1-6,15-16H,7-14H2. The molecule has 0 aliphatic carbocycles. The molecule has 0 radical (unpaired) electrons. The molecule has 2 aliphatic rings. The Hall–Kier alpha value is -3.12. The Labute approximate surface area is 190 Å². The van der Waals surface area contributed by atoms with Crippen LogP contribution in [0.3, 0.4) is 0 Å². The van der Waals surface area contributed by atoms with E-state index in [1.165, 1.54) is 16.4 Å². The predicted octanol–water partition coefficient (Wildman–Crippen LogP) is 1.01. The van der Waals surface area contributed by atoms with E-state index >= 15 is 0 Å². The highest BCUT2D eigenvalue weighted by molar-refractivity contribution is 7.89. The first-order chi connectivity index (χ1) is 15.9. The number of piperazine rings is 1. The first-order valence-electron chi connectivity index (χ1n) is 10.9. The van der Waals surface area contributed by atoms with Crippen molar-refractivity contribution in [1.29, 1.82) is 0 Å². The number of hydrogen-bond donors (Lipinski definition) is 0. The van der Waals surface area contributed by atoms with Crippen LogP contribution in [0.1, 0.15) is 12.8 Å². The van der Waals surface area contributed by atoms with Gasteiger partial charge >= 0.3 is 0 Å². The van der Waals surface area contributed by atoms with Gasteiger partial charge in [0.2, 0.25) is 15.9 Å². The Morgan fingerprint density at radius 3 is 2.33 bits per heavy atom. The minimum atomic E-state index is -3.70. The third kappa shape index (κ3) is 4.27. The average Bonchev–Trinajstić information content (AvgIpc) is 3.32. The number of aromatic nitrogens is 4. The SMILES string of the molecule is O=C(C1CCN(c2ccc3nncn3n2)CC1)N1CCN(S(=O)(=O)c2ccc(F)cc2)CC1. The van der Waals surface area contributed by atoms with Gasteiger partial charge in [0.05, 0.1) is 4.90 Å². The van der Waals surface area contributed by atoms with Crippen LogP contribution in [-0.2, 0) is 14.8 Å². The topological polar surface area (TPSA) is 104 Å². The van der Waals surface area contributed by atoms with E-state index in [9.17, 15) is 17.6 Å². The van der Waals surface area contributed by atoms with E-state index in [4.69, 9.17) is 0 Å². The number of amides is 1. The molecule has 0 N–H and O–H groups in total. The lowest BCUT2D eigenvalue weighted by molar-refractivity contribution is -0.137. The summed E-state index contributed by atoms with van der Waals surface area (Å²) in [7, 11) is -3.70. The van der Waals surface area contributed by atoms with Gasteiger partial charge in [-0.3, -0.25) is 4.79 Å². The number of fused-ring (bicyclic) bond motifs is 1. The fraction of sp³-hybridized carbons (Fsp3) is 0.429. The van der Waals surface area contributed by atoms with E-state index in [1.807, 2.05) is 12.1 Å². The fourth-order valence-electron chi connectivity index (χ4n) is 4.41. The van der Waals surface area contributed by atoms with Gasteiger partial charge in [0, 0.05) is 45.2 Å². The van der Waals surface area contributed by atoms with E-state index in [-0.39, 0.29) is 29.8 Å². The van der Waals surface area contributed by atoms with Crippen LogP contribution >= 0.6 is 0 Å². The number of rotatable bonds is 4. The predicted molar refractivity (Wildman–Crippen MR) is 117 cm³/mol. The lowest BCUT2D eigenvalue weighted by atomic mass is 9.95. The lowest BCUT2D eigenvalue weighted by Crippen LogP contribution is -2.52. The number of carbonyl (C=O) groups is 1. The van der Waals surface area contributed by atoms with Crippen molar-refractivity contribution >= 4 is 27.4 Å². The van der Waals surface area contributed by atoms with Crippen LogP contribution in [0, 0.1) is 11.7 Å². The van der Waals surface area contributed by atoms with Crippen LogP contribution < -0.4 is 4.90 Å². The van der Waals surface area contributed by atoms with Gasteiger partial charge in [-0.1, -0.05) is 0 Å². The smallest absolute Gasteiger partial charge is 0.243 e. The van der Waals surface area contributed by atoms with Gasteiger partial charge in [0.1, 0.15) is 18.0 Å². The molecular formula is C21H24FN7O3S. The molecule has 0 unspecified atom stereocenters. The Morgan fingerprint density at radius 2 is 1.64 bits per heavy atom. The molecule has 2 aromatic heterocycles. The first kappa shape index (κ1) is 21.7. The minimum absolute atomic E-state index is 0.0642. The highest BCUT2D eigenvalue weighted by Gasteiger charge is 2.34. The van der Waals surface area contributed by atoms with Crippen LogP contribution in [0.2, 0.25) is 0 Å². The average molecular weight is 474 g/mol. The number of sulfonamides is 1. The van der Waals surface area contributed by atoms with Crippen molar-refractivity contribution in [2.24, 2.45) is 5.92 Å². The largest absolute Gasteiger partial charge is 0.355 e. The van der Waals surface area contributed by atoms with Crippen molar-refractivity contribution in [3.8, 4) is 0 Å². The van der Waals surface area contributed by atoms with Crippen molar-refractivity contribution in [2.75, 3.05) is 44.2 Å². The zero-order valence-corrected chi connectivity index (χ0v) is 18.7. The number of nitrogens with zero attached hydrogens (tertiary/aromatic N) is 7. The summed E-state index contributed by atoms with van der Waals surface area (Å²) in [5, 5.41) is 12.3. The summed E-state index contributed by atoms with van der Waals surface area (Å²) in [6, 6.07) is 8.59. The quantitative estimate of drug-likeness (QED) is 0.557. The van der Waals surface area contributed by atoms with Gasteiger partial charge in [0.15, 0.2) is 5.65 Å². The maximum absolute atomic E-state index is 13.1. The molecule has 12 heteroatoms. The Bertz CT molecular complexity index is 1250. The molecule has 3 aromatic rings. The maximum Gasteiger partial charge on any atom is 0.243 e. The monoisotopic (exact) mass is 473 g/mol. The van der Waals surface area contributed by atoms with E-state index in [2.05, 4.69) is 20.2 Å². The second-order valence-electron chi connectivity index (χ2n) is 8.27. The van der Waals surface area contributed by atoms with Crippen molar-refractivity contribution in [2.45, 2.75) is 17.7 Å². The first-order valence-corrected chi connectivity index (χ1v) is 12.3. The number of benzene rings is 1. The van der Waals surface area contributed by atoms with E-state index in [1.54, 1.807) is 15.7 Å². The van der Waals surface area contributed by atoms with E-state index < -0.39 is 15.8 Å². The summed E-state index contributed by atoms with van der Waals surface area (Å²) in [5.74, 6) is 0.342. The molecule has 10 nitrogen and oxygen atoms in total. The molecule has 0 atom stereocenters. The molecule has 1 amide bonds. The molecule has 2 aliphatic heterocycles. The third-order valence-corrected chi connectivity index (χ3v) is 8.23. The summed E-state index contributed by atoms with van der Waals surface area (Å²) in [6.45, 7) is 2.60. The van der Waals surface area contributed by atoms with Gasteiger partial charge in [-0.25, -0.2) is 12.8 Å². The second kappa shape index (κ2) is 8.67. The molecule has 174 valence electrons. The molecule has 0 bridgehead atoms. The van der Waals surface area contributed by atoms with Gasteiger partial charge in [-0.2, -0.15) is 8.82 Å². The van der Waals surface area contributed by atoms with Crippen LogP contribution in [0.4, 0.5) is 10.2 Å². The van der Waals surface area contributed by atoms with Crippen LogP contribution in [0.25, 0.3) is 5.65 Å². The Kier molecular flexibility index (Phi) is 5.71. The van der Waals surface area contributed by atoms with Gasteiger partial charge < -0.3 is 9.80 Å². The molecule has 2 fully saturated rings. The number of anilines is 1. The number of carbonyl (C=O) groups excluding carboxylic acids is 1. The zero-order valence-electron chi connectivity index (χ0n) is 17.9. The van der Waals surface area contributed by atoms with Gasteiger partial charge in [-0.15, -0.1) is 15.3 Å². The number of piperidine rings is 1. The van der Waals surface area contributed by atoms with Crippen molar-refractivity contribution in [1.82, 2.24) is 29.0 Å². The van der Waals surface area contributed by atoms with Crippen molar-refractivity contribution in [3.63, 3.8) is 0 Å². The number of halogens is 1. The molecule has 0 spiro atoms. The van der Waals surface area contributed by atoms with Crippen LogP contribution in [-0.4, -0.2) is 82.6 Å². The highest BCUT2D eigenvalue weighted by atomic mass is 32.2. The summed E-state index contributed by atoms with van der Waals surface area (Å²) >= 11 is 0. The van der Waals surface area contributed by atoms with E-state index in [0.29, 0.717) is 18.7 Å². The minimum Gasteiger partial charge on any atom is -0.355 e. The molecule has 4 heterocycles. The zero-order chi connectivity index (χ0) is 23.0. The molecule has 0 saturated carbocycles. The maximum atomic E-state index is 13.1. The number of hydrogen-bond acceptors (Lipinski definition) is 7. The fourth-order valence-corrected chi connectivity index (χ4v) is 5.83.